The molecular formula is C12H14N2O2. The number of esters is 1. The fraction of sp³-hybridized carbons (Fsp3) is 0.333. The number of benzene rings is 1. The highest BCUT2D eigenvalue weighted by molar-refractivity contribution is 5.70. The molecule has 4 heteroatoms. The van der Waals surface area contributed by atoms with Crippen LogP contribution in [0, 0.1) is 11.3 Å². The Labute approximate surface area is 95.0 Å². The molecule has 4 nitrogen and oxygen atoms in total. The van der Waals surface area contributed by atoms with Crippen LogP contribution < -0.4 is 4.90 Å². The van der Waals surface area contributed by atoms with Crippen molar-refractivity contribution in [3.05, 3.63) is 29.8 Å². The van der Waals surface area contributed by atoms with Crippen LogP contribution in [0.3, 0.4) is 0 Å². The normalized spacial score (nSPS) is 9.31. The van der Waals surface area contributed by atoms with E-state index in [9.17, 15) is 4.79 Å². The van der Waals surface area contributed by atoms with Gasteiger partial charge in [0, 0.05) is 19.3 Å². The lowest BCUT2D eigenvalue weighted by atomic mass is 10.2. The van der Waals surface area contributed by atoms with Gasteiger partial charge in [-0.25, -0.2) is 0 Å². The number of ether oxygens (including phenoxy) is 1. The summed E-state index contributed by atoms with van der Waals surface area (Å²) in [4.78, 5) is 12.9. The lowest BCUT2D eigenvalue weighted by molar-refractivity contribution is -0.140. The molecule has 0 saturated heterocycles. The van der Waals surface area contributed by atoms with Gasteiger partial charge in [-0.2, -0.15) is 5.26 Å². The molecule has 1 aromatic carbocycles. The molecule has 0 aliphatic carbocycles. The molecule has 0 aromatic heterocycles. The van der Waals surface area contributed by atoms with E-state index in [4.69, 9.17) is 5.26 Å². The van der Waals surface area contributed by atoms with Crippen LogP contribution in [0.15, 0.2) is 24.3 Å². The Morgan fingerprint density at radius 2 is 2.06 bits per heavy atom. The number of carbonyl (C=O) groups is 1. The standard InChI is InChI=1S/C12H14N2O2/c1-14(8-7-12(15)16-2)11-5-3-10(9-13)4-6-11/h3-6H,7-8H2,1-2H3. The monoisotopic (exact) mass is 218 g/mol. The predicted molar refractivity (Wildman–Crippen MR) is 61.1 cm³/mol. The molecule has 0 radical (unpaired) electrons. The largest absolute Gasteiger partial charge is 0.469 e. The van der Waals surface area contributed by atoms with E-state index in [-0.39, 0.29) is 5.97 Å². The van der Waals surface area contributed by atoms with Crippen LogP contribution in [0.4, 0.5) is 5.69 Å². The molecule has 84 valence electrons. The molecule has 1 aromatic rings. The van der Waals surface area contributed by atoms with Crippen molar-refractivity contribution in [2.45, 2.75) is 6.42 Å². The summed E-state index contributed by atoms with van der Waals surface area (Å²) in [5.74, 6) is -0.222. The van der Waals surface area contributed by atoms with Crippen molar-refractivity contribution >= 4 is 11.7 Å². The number of methoxy groups -OCH3 is 1. The first-order valence-electron chi connectivity index (χ1n) is 4.95. The van der Waals surface area contributed by atoms with Crippen molar-refractivity contribution in [2.75, 3.05) is 25.6 Å². The molecule has 16 heavy (non-hydrogen) atoms. The highest BCUT2D eigenvalue weighted by Crippen LogP contribution is 2.13. The number of hydrogen-bond donors (Lipinski definition) is 0. The Kier molecular flexibility index (Phi) is 4.34. The molecule has 0 unspecified atom stereocenters. The zero-order valence-electron chi connectivity index (χ0n) is 9.43. The molecule has 0 amide bonds. The molecule has 0 atom stereocenters. The van der Waals surface area contributed by atoms with Gasteiger partial charge in [-0.1, -0.05) is 0 Å². The second-order valence-corrected chi connectivity index (χ2v) is 3.41. The van der Waals surface area contributed by atoms with E-state index >= 15 is 0 Å². The molecular weight excluding hydrogens is 204 g/mol. The zero-order chi connectivity index (χ0) is 12.0. The Bertz CT molecular complexity index is 392. The van der Waals surface area contributed by atoms with Crippen LogP contribution in [0.2, 0.25) is 0 Å². The van der Waals surface area contributed by atoms with Crippen LogP contribution in [0.1, 0.15) is 12.0 Å². The highest BCUT2D eigenvalue weighted by Gasteiger charge is 2.04. The molecule has 0 N–H and O–H groups in total. The number of rotatable bonds is 4. The molecule has 0 heterocycles. The van der Waals surface area contributed by atoms with Crippen molar-refractivity contribution in [2.24, 2.45) is 0 Å². The fourth-order valence-corrected chi connectivity index (χ4v) is 1.28. The molecule has 0 bridgehead atoms. The summed E-state index contributed by atoms with van der Waals surface area (Å²) in [7, 11) is 3.27. The highest BCUT2D eigenvalue weighted by atomic mass is 16.5. The topological polar surface area (TPSA) is 53.3 Å². The Morgan fingerprint density at radius 1 is 1.44 bits per heavy atom. The first kappa shape index (κ1) is 12.1. The Balaban J connectivity index is 2.56. The summed E-state index contributed by atoms with van der Waals surface area (Å²) in [5, 5.41) is 8.65. The van der Waals surface area contributed by atoms with E-state index < -0.39 is 0 Å². The molecule has 0 aliphatic heterocycles. The van der Waals surface area contributed by atoms with Gasteiger partial charge in [0.2, 0.25) is 0 Å². The van der Waals surface area contributed by atoms with Crippen LogP contribution in [0.25, 0.3) is 0 Å². The number of nitrogens with zero attached hydrogens (tertiary/aromatic N) is 2. The van der Waals surface area contributed by atoms with Gasteiger partial charge in [0.25, 0.3) is 0 Å². The van der Waals surface area contributed by atoms with Crippen molar-refractivity contribution in [3.8, 4) is 6.07 Å². The molecule has 0 saturated carbocycles. The van der Waals surface area contributed by atoms with E-state index in [2.05, 4.69) is 10.8 Å². The van der Waals surface area contributed by atoms with E-state index in [0.29, 0.717) is 18.5 Å². The minimum absolute atomic E-state index is 0.222. The molecule has 0 fully saturated rings. The fourth-order valence-electron chi connectivity index (χ4n) is 1.28. The summed E-state index contributed by atoms with van der Waals surface area (Å²) >= 11 is 0. The maximum atomic E-state index is 11.0. The van der Waals surface area contributed by atoms with E-state index in [0.717, 1.165) is 5.69 Å². The van der Waals surface area contributed by atoms with Gasteiger partial charge < -0.3 is 9.64 Å². The number of carbonyl (C=O) groups excluding carboxylic acids is 1. The smallest absolute Gasteiger partial charge is 0.307 e. The minimum Gasteiger partial charge on any atom is -0.469 e. The van der Waals surface area contributed by atoms with Crippen molar-refractivity contribution < 1.29 is 9.53 Å². The Morgan fingerprint density at radius 3 is 2.56 bits per heavy atom. The first-order valence-corrected chi connectivity index (χ1v) is 4.95. The second kappa shape index (κ2) is 5.76. The van der Waals surface area contributed by atoms with Gasteiger partial charge in [-0.3, -0.25) is 4.79 Å². The maximum absolute atomic E-state index is 11.0. The summed E-state index contributed by atoms with van der Waals surface area (Å²) in [6, 6.07) is 9.28. The predicted octanol–water partition coefficient (Wildman–Crippen LogP) is 1.56. The quantitative estimate of drug-likeness (QED) is 0.719. The Hall–Kier alpha value is -2.02. The van der Waals surface area contributed by atoms with Crippen molar-refractivity contribution in [1.29, 1.82) is 5.26 Å². The lowest BCUT2D eigenvalue weighted by Gasteiger charge is -2.18. The SMILES string of the molecule is COC(=O)CCN(C)c1ccc(C#N)cc1. The van der Waals surface area contributed by atoms with Gasteiger partial charge in [0.15, 0.2) is 0 Å². The van der Waals surface area contributed by atoms with E-state index in [1.165, 1.54) is 7.11 Å². The third kappa shape index (κ3) is 3.28. The third-order valence-corrected chi connectivity index (χ3v) is 2.32. The zero-order valence-corrected chi connectivity index (χ0v) is 9.43. The third-order valence-electron chi connectivity index (χ3n) is 2.32. The lowest BCUT2D eigenvalue weighted by Crippen LogP contribution is -2.21. The van der Waals surface area contributed by atoms with Gasteiger partial charge in [0.1, 0.15) is 0 Å². The summed E-state index contributed by atoms with van der Waals surface area (Å²) in [6.07, 6.45) is 0.354. The molecule has 0 aliphatic rings. The van der Waals surface area contributed by atoms with Gasteiger partial charge in [-0.15, -0.1) is 0 Å². The van der Waals surface area contributed by atoms with E-state index in [1.807, 2.05) is 24.1 Å². The van der Waals surface area contributed by atoms with Crippen LogP contribution in [0.5, 0.6) is 0 Å². The van der Waals surface area contributed by atoms with Gasteiger partial charge in [0.05, 0.1) is 25.2 Å². The number of anilines is 1. The van der Waals surface area contributed by atoms with Crippen molar-refractivity contribution in [3.63, 3.8) is 0 Å². The number of hydrogen-bond acceptors (Lipinski definition) is 4. The van der Waals surface area contributed by atoms with Crippen molar-refractivity contribution in [1.82, 2.24) is 0 Å². The van der Waals surface area contributed by atoms with Gasteiger partial charge >= 0.3 is 5.97 Å². The van der Waals surface area contributed by atoms with Crippen LogP contribution in [-0.2, 0) is 9.53 Å². The number of nitriles is 1. The first-order chi connectivity index (χ1) is 7.67. The van der Waals surface area contributed by atoms with Crippen LogP contribution >= 0.6 is 0 Å². The average molecular weight is 218 g/mol. The molecule has 1 rings (SSSR count). The van der Waals surface area contributed by atoms with E-state index in [1.54, 1.807) is 12.1 Å². The maximum Gasteiger partial charge on any atom is 0.307 e. The average Bonchev–Trinajstić information content (AvgIpc) is 2.35. The summed E-state index contributed by atoms with van der Waals surface area (Å²) in [5.41, 5.74) is 1.60. The van der Waals surface area contributed by atoms with Gasteiger partial charge in [-0.05, 0) is 24.3 Å². The minimum atomic E-state index is -0.222. The summed E-state index contributed by atoms with van der Waals surface area (Å²) < 4.78 is 4.56. The second-order valence-electron chi connectivity index (χ2n) is 3.41. The van der Waals surface area contributed by atoms with Crippen LogP contribution in [-0.4, -0.2) is 26.7 Å². The molecule has 0 spiro atoms. The summed E-state index contributed by atoms with van der Waals surface area (Å²) in [6.45, 7) is 0.596.